The molecule has 1 amide bonds. The fourth-order valence-electron chi connectivity index (χ4n) is 4.43. The topological polar surface area (TPSA) is 45.7 Å². The number of nitrogens with zero attached hydrogens (tertiary/aromatic N) is 3. The summed E-state index contributed by atoms with van der Waals surface area (Å²) in [4.78, 5) is 20.9. The molecule has 148 valence electrons. The molecule has 0 N–H and O–H groups in total. The average molecular weight is 380 g/mol. The standard InChI is InChI=1S/C23H29N3O2/c1-18(27)25-16-12-20(13-17-25)26-14-10-19(11-15-26)22-8-5-9-23(24-22)28-21-6-3-2-4-7-21/h2-9,19-20H,10-17H2,1H3. The number of ether oxygens (including phenoxy) is 1. The molecule has 0 atom stereocenters. The Hall–Kier alpha value is -2.40. The molecule has 2 saturated heterocycles. The van der Waals surface area contributed by atoms with Gasteiger partial charge in [-0.05, 0) is 57.0 Å². The first-order valence-electron chi connectivity index (χ1n) is 10.4. The normalized spacial score (nSPS) is 19.5. The lowest BCUT2D eigenvalue weighted by atomic mass is 9.91. The fraction of sp³-hybridized carbons (Fsp3) is 0.478. The quantitative estimate of drug-likeness (QED) is 0.804. The van der Waals surface area contributed by atoms with Crippen LogP contribution in [0.3, 0.4) is 0 Å². The van der Waals surface area contributed by atoms with Gasteiger partial charge in [0.2, 0.25) is 11.8 Å². The molecule has 2 aromatic rings. The maximum atomic E-state index is 11.5. The van der Waals surface area contributed by atoms with Crippen LogP contribution >= 0.6 is 0 Å². The third kappa shape index (κ3) is 4.53. The van der Waals surface area contributed by atoms with Crippen LogP contribution in [0.1, 0.15) is 44.2 Å². The van der Waals surface area contributed by atoms with Gasteiger partial charge in [0, 0.05) is 43.7 Å². The van der Waals surface area contributed by atoms with Crippen molar-refractivity contribution in [2.75, 3.05) is 26.2 Å². The first-order valence-corrected chi connectivity index (χ1v) is 10.4. The predicted octanol–water partition coefficient (Wildman–Crippen LogP) is 4.06. The van der Waals surface area contributed by atoms with Gasteiger partial charge in [-0.25, -0.2) is 4.98 Å². The Morgan fingerprint density at radius 3 is 2.32 bits per heavy atom. The lowest BCUT2D eigenvalue weighted by molar-refractivity contribution is -0.130. The van der Waals surface area contributed by atoms with Crippen LogP contribution < -0.4 is 4.74 Å². The van der Waals surface area contributed by atoms with E-state index in [1.165, 1.54) is 0 Å². The van der Waals surface area contributed by atoms with Crippen LogP contribution in [0.4, 0.5) is 0 Å². The van der Waals surface area contributed by atoms with E-state index in [-0.39, 0.29) is 5.91 Å². The molecule has 28 heavy (non-hydrogen) atoms. The van der Waals surface area contributed by atoms with Gasteiger partial charge in [0.25, 0.3) is 0 Å². The zero-order valence-corrected chi connectivity index (χ0v) is 16.6. The number of carbonyl (C=O) groups is 1. The van der Waals surface area contributed by atoms with Crippen LogP contribution in [0.2, 0.25) is 0 Å². The highest BCUT2D eigenvalue weighted by atomic mass is 16.5. The van der Waals surface area contributed by atoms with Crippen LogP contribution in [-0.2, 0) is 4.79 Å². The van der Waals surface area contributed by atoms with Crippen molar-refractivity contribution < 1.29 is 9.53 Å². The van der Waals surface area contributed by atoms with Crippen molar-refractivity contribution in [3.8, 4) is 11.6 Å². The van der Waals surface area contributed by atoms with Gasteiger partial charge < -0.3 is 14.5 Å². The second-order valence-electron chi connectivity index (χ2n) is 7.86. The zero-order chi connectivity index (χ0) is 19.3. The number of aromatic nitrogens is 1. The summed E-state index contributed by atoms with van der Waals surface area (Å²) >= 11 is 0. The summed E-state index contributed by atoms with van der Waals surface area (Å²) in [6.45, 7) is 5.71. The molecule has 3 heterocycles. The molecule has 0 saturated carbocycles. The molecule has 2 aliphatic heterocycles. The van der Waals surface area contributed by atoms with Crippen LogP contribution in [-0.4, -0.2) is 52.9 Å². The van der Waals surface area contributed by atoms with E-state index in [9.17, 15) is 4.79 Å². The van der Waals surface area contributed by atoms with Crippen molar-refractivity contribution in [3.05, 3.63) is 54.2 Å². The van der Waals surface area contributed by atoms with Crippen molar-refractivity contribution in [3.63, 3.8) is 0 Å². The minimum Gasteiger partial charge on any atom is -0.439 e. The Morgan fingerprint density at radius 1 is 0.929 bits per heavy atom. The molecular weight excluding hydrogens is 350 g/mol. The monoisotopic (exact) mass is 379 g/mol. The predicted molar refractivity (Wildman–Crippen MR) is 110 cm³/mol. The largest absolute Gasteiger partial charge is 0.439 e. The van der Waals surface area contributed by atoms with Crippen molar-refractivity contribution in [2.24, 2.45) is 0 Å². The van der Waals surface area contributed by atoms with Gasteiger partial charge in [0.15, 0.2) is 0 Å². The lowest BCUT2D eigenvalue weighted by Crippen LogP contribution is -2.48. The Morgan fingerprint density at radius 2 is 1.64 bits per heavy atom. The van der Waals surface area contributed by atoms with E-state index in [2.05, 4.69) is 11.0 Å². The number of hydrogen-bond donors (Lipinski definition) is 0. The summed E-state index contributed by atoms with van der Waals surface area (Å²) in [6.07, 6.45) is 4.47. The van der Waals surface area contributed by atoms with Crippen LogP contribution in [0.25, 0.3) is 0 Å². The highest BCUT2D eigenvalue weighted by molar-refractivity contribution is 5.73. The van der Waals surface area contributed by atoms with Crippen molar-refractivity contribution in [1.29, 1.82) is 0 Å². The van der Waals surface area contributed by atoms with Gasteiger partial charge >= 0.3 is 0 Å². The molecule has 0 spiro atoms. The molecule has 0 unspecified atom stereocenters. The molecule has 1 aromatic carbocycles. The number of amides is 1. The molecular formula is C23H29N3O2. The Kier molecular flexibility index (Phi) is 5.91. The lowest BCUT2D eigenvalue weighted by Gasteiger charge is -2.41. The fourth-order valence-corrected chi connectivity index (χ4v) is 4.43. The third-order valence-electron chi connectivity index (χ3n) is 6.08. The van der Waals surface area contributed by atoms with E-state index < -0.39 is 0 Å². The zero-order valence-electron chi connectivity index (χ0n) is 16.6. The van der Waals surface area contributed by atoms with Gasteiger partial charge in [-0.2, -0.15) is 0 Å². The Balaban J connectivity index is 1.32. The van der Waals surface area contributed by atoms with E-state index >= 15 is 0 Å². The smallest absolute Gasteiger partial charge is 0.219 e. The van der Waals surface area contributed by atoms with E-state index in [0.717, 1.165) is 63.3 Å². The molecule has 2 fully saturated rings. The van der Waals surface area contributed by atoms with Crippen LogP contribution in [0.15, 0.2) is 48.5 Å². The Labute approximate surface area is 167 Å². The number of hydrogen-bond acceptors (Lipinski definition) is 4. The molecule has 5 heteroatoms. The van der Waals surface area contributed by atoms with Crippen LogP contribution in [0.5, 0.6) is 11.6 Å². The summed E-state index contributed by atoms with van der Waals surface area (Å²) < 4.78 is 5.90. The van der Waals surface area contributed by atoms with E-state index in [4.69, 9.17) is 9.72 Å². The van der Waals surface area contributed by atoms with Gasteiger partial charge in [-0.15, -0.1) is 0 Å². The minimum absolute atomic E-state index is 0.209. The second-order valence-corrected chi connectivity index (χ2v) is 7.86. The average Bonchev–Trinajstić information content (AvgIpc) is 2.75. The summed E-state index contributed by atoms with van der Waals surface area (Å²) in [5.74, 6) is 2.19. The van der Waals surface area contributed by atoms with Gasteiger partial charge in [0.05, 0.1) is 0 Å². The number of likely N-dealkylation sites (tertiary alicyclic amines) is 2. The molecule has 0 radical (unpaired) electrons. The maximum Gasteiger partial charge on any atom is 0.219 e. The van der Waals surface area contributed by atoms with E-state index in [0.29, 0.717) is 17.8 Å². The molecule has 0 bridgehead atoms. The highest BCUT2D eigenvalue weighted by Gasteiger charge is 2.29. The molecule has 2 aliphatic rings. The second kappa shape index (κ2) is 8.74. The SMILES string of the molecule is CC(=O)N1CCC(N2CCC(c3cccc(Oc4ccccc4)n3)CC2)CC1. The van der Waals surface area contributed by atoms with Crippen molar-refractivity contribution in [1.82, 2.24) is 14.8 Å². The van der Waals surface area contributed by atoms with E-state index in [1.54, 1.807) is 6.92 Å². The molecule has 4 rings (SSSR count). The molecule has 5 nitrogen and oxygen atoms in total. The highest BCUT2D eigenvalue weighted by Crippen LogP contribution is 2.31. The minimum atomic E-state index is 0.209. The number of carbonyl (C=O) groups excluding carboxylic acids is 1. The molecule has 0 aliphatic carbocycles. The summed E-state index contributed by atoms with van der Waals surface area (Å²) in [5, 5.41) is 0. The van der Waals surface area contributed by atoms with Crippen molar-refractivity contribution >= 4 is 5.91 Å². The summed E-state index contributed by atoms with van der Waals surface area (Å²) in [5.41, 5.74) is 1.14. The van der Waals surface area contributed by atoms with Gasteiger partial charge in [-0.1, -0.05) is 24.3 Å². The summed E-state index contributed by atoms with van der Waals surface area (Å²) in [7, 11) is 0. The van der Waals surface area contributed by atoms with Gasteiger partial charge in [0.1, 0.15) is 5.75 Å². The number of benzene rings is 1. The first-order chi connectivity index (χ1) is 13.7. The first kappa shape index (κ1) is 18.9. The number of para-hydroxylation sites is 1. The molecule has 1 aromatic heterocycles. The van der Waals surface area contributed by atoms with E-state index in [1.807, 2.05) is 47.4 Å². The number of pyridine rings is 1. The maximum absolute atomic E-state index is 11.5. The van der Waals surface area contributed by atoms with Gasteiger partial charge in [-0.3, -0.25) is 4.79 Å². The summed E-state index contributed by atoms with van der Waals surface area (Å²) in [6, 6.07) is 16.5. The Bertz CT molecular complexity index is 779. The number of rotatable bonds is 4. The van der Waals surface area contributed by atoms with Crippen molar-refractivity contribution in [2.45, 2.75) is 44.6 Å². The van der Waals surface area contributed by atoms with Crippen LogP contribution in [0, 0.1) is 0 Å². The third-order valence-corrected chi connectivity index (χ3v) is 6.08. The number of piperidine rings is 2.